The fourth-order valence-electron chi connectivity index (χ4n) is 3.86. The lowest BCUT2D eigenvalue weighted by atomic mass is 9.77. The van der Waals surface area contributed by atoms with E-state index in [-0.39, 0.29) is 24.3 Å². The van der Waals surface area contributed by atoms with E-state index in [1.807, 2.05) is 6.92 Å². The predicted octanol–water partition coefficient (Wildman–Crippen LogP) is 3.21. The molecule has 1 aromatic carbocycles. The van der Waals surface area contributed by atoms with Crippen molar-refractivity contribution in [2.75, 3.05) is 13.2 Å². The normalized spacial score (nSPS) is 24.0. The van der Waals surface area contributed by atoms with Crippen LogP contribution in [0.1, 0.15) is 34.0 Å². The van der Waals surface area contributed by atoms with Gasteiger partial charge >= 0.3 is 6.18 Å². The first-order valence-electron chi connectivity index (χ1n) is 9.38. The van der Waals surface area contributed by atoms with Crippen LogP contribution in [0.5, 0.6) is 0 Å². The number of alkyl halides is 3. The average Bonchev–Trinajstić information content (AvgIpc) is 3.21. The summed E-state index contributed by atoms with van der Waals surface area (Å²) in [4.78, 5) is 17.4. The third kappa shape index (κ3) is 3.45. The molecule has 0 bridgehead atoms. The van der Waals surface area contributed by atoms with E-state index in [1.54, 1.807) is 23.0 Å². The first-order chi connectivity index (χ1) is 14.4. The highest BCUT2D eigenvalue weighted by atomic mass is 19.4. The van der Waals surface area contributed by atoms with E-state index in [1.165, 1.54) is 13.0 Å². The molecule has 1 aliphatic rings. The Bertz CT molecular complexity index is 1170. The molecular formula is C21H19F4N3O3. The van der Waals surface area contributed by atoms with Crippen LogP contribution in [0.2, 0.25) is 0 Å². The summed E-state index contributed by atoms with van der Waals surface area (Å²) in [6.45, 7) is 2.59. The Balaban J connectivity index is 1.78. The first kappa shape index (κ1) is 21.3. The lowest BCUT2D eigenvalue weighted by molar-refractivity contribution is -0.137. The van der Waals surface area contributed by atoms with Gasteiger partial charge in [0.05, 0.1) is 24.3 Å². The van der Waals surface area contributed by atoms with Crippen molar-refractivity contribution in [3.63, 3.8) is 0 Å². The number of hydrogen-bond acceptors (Lipinski definition) is 4. The minimum absolute atomic E-state index is 0.161. The van der Waals surface area contributed by atoms with E-state index in [0.29, 0.717) is 17.8 Å². The van der Waals surface area contributed by atoms with Gasteiger partial charge < -0.3 is 19.6 Å². The second-order valence-corrected chi connectivity index (χ2v) is 7.91. The van der Waals surface area contributed by atoms with Crippen molar-refractivity contribution in [1.82, 2.24) is 14.7 Å². The van der Waals surface area contributed by atoms with Crippen molar-refractivity contribution in [2.45, 2.75) is 31.2 Å². The fourth-order valence-corrected chi connectivity index (χ4v) is 3.86. The molecule has 0 saturated carbocycles. The van der Waals surface area contributed by atoms with E-state index >= 15 is 0 Å². The van der Waals surface area contributed by atoms with Crippen LogP contribution in [0.3, 0.4) is 0 Å². The highest BCUT2D eigenvalue weighted by Gasteiger charge is 2.56. The van der Waals surface area contributed by atoms with Gasteiger partial charge in [0.15, 0.2) is 0 Å². The number of carbonyl (C=O) groups excluding carboxylic acids is 1. The van der Waals surface area contributed by atoms with Crippen LogP contribution in [0.25, 0.3) is 5.65 Å². The molecule has 0 spiro atoms. The van der Waals surface area contributed by atoms with E-state index < -0.39 is 34.6 Å². The maximum atomic E-state index is 14.9. The molecule has 3 aromatic rings. The van der Waals surface area contributed by atoms with E-state index in [9.17, 15) is 27.5 Å². The number of rotatable bonds is 3. The minimum Gasteiger partial charge on any atom is -0.385 e. The standard InChI is InChI=1S/C21H19F4N3O3/c1-12-8-26-17-14(5-6-28(17)9-12)18(29)27-20(11-31-10-19(20,2)30)15-4-3-13(7-16(15)22)21(23,24)25/h3-9,30H,10-11H2,1-2H3,(H,27,29)/t19-,20-/m1/s1. The molecule has 3 heterocycles. The maximum absolute atomic E-state index is 14.9. The molecule has 164 valence electrons. The molecule has 4 rings (SSSR count). The number of aryl methyl sites for hydroxylation is 1. The van der Waals surface area contributed by atoms with Crippen LogP contribution in [0.15, 0.2) is 42.9 Å². The van der Waals surface area contributed by atoms with Gasteiger partial charge in [-0.2, -0.15) is 13.2 Å². The number of hydrogen-bond donors (Lipinski definition) is 2. The molecule has 2 atom stereocenters. The molecule has 1 aliphatic heterocycles. The fraction of sp³-hybridized carbons (Fsp3) is 0.333. The van der Waals surface area contributed by atoms with Crippen LogP contribution in [-0.2, 0) is 16.5 Å². The van der Waals surface area contributed by atoms with Crippen molar-refractivity contribution in [2.24, 2.45) is 0 Å². The Morgan fingerprint density at radius 3 is 2.65 bits per heavy atom. The number of nitrogens with zero attached hydrogens (tertiary/aromatic N) is 2. The topological polar surface area (TPSA) is 75.9 Å². The number of amides is 1. The first-order valence-corrected chi connectivity index (χ1v) is 9.38. The smallest absolute Gasteiger partial charge is 0.385 e. The minimum atomic E-state index is -4.74. The number of ether oxygens (including phenoxy) is 1. The zero-order valence-electron chi connectivity index (χ0n) is 16.6. The largest absolute Gasteiger partial charge is 0.416 e. The highest BCUT2D eigenvalue weighted by molar-refractivity contribution is 6.00. The third-order valence-corrected chi connectivity index (χ3v) is 5.57. The number of aromatic nitrogens is 2. The number of fused-ring (bicyclic) bond motifs is 1. The summed E-state index contributed by atoms with van der Waals surface area (Å²) in [6, 6.07) is 3.48. The molecule has 0 radical (unpaired) electrons. The number of nitrogens with one attached hydrogen (secondary N) is 1. The Morgan fingerprint density at radius 2 is 2.03 bits per heavy atom. The Labute approximate surface area is 174 Å². The molecule has 0 aliphatic carbocycles. The van der Waals surface area contributed by atoms with E-state index in [2.05, 4.69) is 10.3 Å². The quantitative estimate of drug-likeness (QED) is 0.617. The summed E-state index contributed by atoms with van der Waals surface area (Å²) in [7, 11) is 0. The summed E-state index contributed by atoms with van der Waals surface area (Å²) in [5.74, 6) is -1.89. The van der Waals surface area contributed by atoms with Crippen molar-refractivity contribution in [3.05, 3.63) is 70.9 Å². The number of benzene rings is 1. The van der Waals surface area contributed by atoms with Crippen LogP contribution >= 0.6 is 0 Å². The Kier molecular flexibility index (Phi) is 4.82. The van der Waals surface area contributed by atoms with Gasteiger partial charge in [-0.1, -0.05) is 6.07 Å². The molecule has 6 nitrogen and oxygen atoms in total. The van der Waals surface area contributed by atoms with Gasteiger partial charge in [0.1, 0.15) is 22.6 Å². The average molecular weight is 437 g/mol. The number of carbonyl (C=O) groups is 1. The molecular weight excluding hydrogens is 418 g/mol. The highest BCUT2D eigenvalue weighted by Crippen LogP contribution is 2.41. The summed E-state index contributed by atoms with van der Waals surface area (Å²) >= 11 is 0. The Hall–Kier alpha value is -2.98. The van der Waals surface area contributed by atoms with Crippen molar-refractivity contribution < 1.29 is 32.2 Å². The molecule has 1 fully saturated rings. The molecule has 2 N–H and O–H groups in total. The van der Waals surface area contributed by atoms with Gasteiger partial charge in [-0.3, -0.25) is 4.79 Å². The van der Waals surface area contributed by atoms with Crippen LogP contribution < -0.4 is 5.32 Å². The second kappa shape index (κ2) is 7.03. The van der Waals surface area contributed by atoms with Gasteiger partial charge in [-0.15, -0.1) is 0 Å². The molecule has 1 amide bonds. The summed E-state index contributed by atoms with van der Waals surface area (Å²) in [5, 5.41) is 13.6. The zero-order chi connectivity index (χ0) is 22.6. The lowest BCUT2D eigenvalue weighted by Crippen LogP contribution is -2.60. The van der Waals surface area contributed by atoms with Crippen molar-refractivity contribution in [3.8, 4) is 0 Å². The number of halogens is 4. The second-order valence-electron chi connectivity index (χ2n) is 7.91. The molecule has 10 heteroatoms. The molecule has 31 heavy (non-hydrogen) atoms. The molecule has 2 aromatic heterocycles. The summed E-state index contributed by atoms with van der Waals surface area (Å²) in [6.07, 6.45) is 0.226. The lowest BCUT2D eigenvalue weighted by Gasteiger charge is -2.39. The van der Waals surface area contributed by atoms with Gasteiger partial charge in [-0.05, 0) is 37.6 Å². The van der Waals surface area contributed by atoms with Crippen LogP contribution in [0, 0.1) is 12.7 Å². The summed E-state index contributed by atoms with van der Waals surface area (Å²) in [5.41, 5.74) is -3.71. The maximum Gasteiger partial charge on any atom is 0.416 e. The van der Waals surface area contributed by atoms with E-state index in [0.717, 1.165) is 11.6 Å². The third-order valence-electron chi connectivity index (χ3n) is 5.57. The van der Waals surface area contributed by atoms with Gasteiger partial charge in [0.25, 0.3) is 5.91 Å². The molecule has 1 saturated heterocycles. The van der Waals surface area contributed by atoms with Gasteiger partial charge in [0, 0.05) is 24.2 Å². The Morgan fingerprint density at radius 1 is 1.29 bits per heavy atom. The van der Waals surface area contributed by atoms with Gasteiger partial charge in [-0.25, -0.2) is 9.37 Å². The van der Waals surface area contributed by atoms with Crippen molar-refractivity contribution in [1.29, 1.82) is 0 Å². The van der Waals surface area contributed by atoms with Crippen molar-refractivity contribution >= 4 is 11.6 Å². The van der Waals surface area contributed by atoms with E-state index in [4.69, 9.17) is 4.74 Å². The predicted molar refractivity (Wildman–Crippen MR) is 102 cm³/mol. The van der Waals surface area contributed by atoms with Crippen LogP contribution in [-0.4, -0.2) is 39.2 Å². The zero-order valence-corrected chi connectivity index (χ0v) is 16.6. The SMILES string of the molecule is Cc1cnc2c(C(=O)N[C@@]3(c4ccc(C(F)(F)F)cc4F)COC[C@@]3(C)O)ccn2c1. The number of aliphatic hydroxyl groups is 1. The summed E-state index contributed by atoms with van der Waals surface area (Å²) < 4.78 is 60.8. The van der Waals surface area contributed by atoms with Gasteiger partial charge in [0.2, 0.25) is 0 Å². The van der Waals surface area contributed by atoms with Crippen LogP contribution in [0.4, 0.5) is 17.6 Å². The monoisotopic (exact) mass is 437 g/mol. The molecule has 0 unspecified atom stereocenters.